The lowest BCUT2D eigenvalue weighted by Crippen LogP contribution is -2.48. The molecular formula is C15H23FN2O. The minimum atomic E-state index is -0.472. The molecule has 0 aromatic heterocycles. The second kappa shape index (κ2) is 7.24. The van der Waals surface area contributed by atoms with E-state index in [9.17, 15) is 9.18 Å². The SMILES string of the molecule is CCC(C)[C@H](N)C(=O)NC(C)Cc1ccc(F)cc1. The van der Waals surface area contributed by atoms with Crippen LogP contribution in [0.15, 0.2) is 24.3 Å². The smallest absolute Gasteiger partial charge is 0.237 e. The van der Waals surface area contributed by atoms with Crippen LogP contribution in [0.25, 0.3) is 0 Å². The molecule has 0 spiro atoms. The molecule has 3 atom stereocenters. The third-order valence-electron chi connectivity index (χ3n) is 3.40. The molecule has 1 aromatic carbocycles. The summed E-state index contributed by atoms with van der Waals surface area (Å²) in [5.41, 5.74) is 6.86. The van der Waals surface area contributed by atoms with Gasteiger partial charge < -0.3 is 11.1 Å². The number of nitrogens with two attached hydrogens (primary N) is 1. The number of rotatable bonds is 6. The highest BCUT2D eigenvalue weighted by Gasteiger charge is 2.20. The maximum absolute atomic E-state index is 12.8. The van der Waals surface area contributed by atoms with E-state index in [1.807, 2.05) is 20.8 Å². The highest BCUT2D eigenvalue weighted by atomic mass is 19.1. The summed E-state index contributed by atoms with van der Waals surface area (Å²) < 4.78 is 12.8. The lowest BCUT2D eigenvalue weighted by molar-refractivity contribution is -0.124. The van der Waals surface area contributed by atoms with Crippen molar-refractivity contribution in [1.29, 1.82) is 0 Å². The van der Waals surface area contributed by atoms with Gasteiger partial charge in [0.05, 0.1) is 6.04 Å². The second-order valence-corrected chi connectivity index (χ2v) is 5.15. The summed E-state index contributed by atoms with van der Waals surface area (Å²) in [4.78, 5) is 11.9. The number of nitrogens with one attached hydrogen (secondary N) is 1. The highest BCUT2D eigenvalue weighted by Crippen LogP contribution is 2.08. The topological polar surface area (TPSA) is 55.1 Å². The van der Waals surface area contributed by atoms with Crippen molar-refractivity contribution in [3.05, 3.63) is 35.6 Å². The fourth-order valence-electron chi connectivity index (χ4n) is 1.88. The number of carbonyl (C=O) groups is 1. The van der Waals surface area contributed by atoms with Crippen LogP contribution >= 0.6 is 0 Å². The summed E-state index contributed by atoms with van der Waals surface area (Å²) in [5, 5.41) is 2.90. The number of hydrogen-bond acceptors (Lipinski definition) is 2. The summed E-state index contributed by atoms with van der Waals surface area (Å²) in [6.07, 6.45) is 1.54. The Kier molecular flexibility index (Phi) is 5.96. The standard InChI is InChI=1S/C15H23FN2O/c1-4-10(2)14(17)15(19)18-11(3)9-12-5-7-13(16)8-6-12/h5-8,10-11,14H,4,9,17H2,1-3H3,(H,18,19)/t10?,11?,14-/m0/s1. The summed E-state index contributed by atoms with van der Waals surface area (Å²) in [5.74, 6) is -0.207. The van der Waals surface area contributed by atoms with Gasteiger partial charge in [-0.05, 0) is 37.0 Å². The van der Waals surface area contributed by atoms with Crippen molar-refractivity contribution in [1.82, 2.24) is 5.32 Å². The number of halogens is 1. The van der Waals surface area contributed by atoms with E-state index in [1.165, 1.54) is 12.1 Å². The Balaban J connectivity index is 2.48. The van der Waals surface area contributed by atoms with E-state index in [4.69, 9.17) is 5.73 Å². The normalized spacial score (nSPS) is 15.6. The van der Waals surface area contributed by atoms with Crippen molar-refractivity contribution in [2.45, 2.75) is 45.7 Å². The van der Waals surface area contributed by atoms with Crippen LogP contribution in [0.3, 0.4) is 0 Å². The van der Waals surface area contributed by atoms with Crippen molar-refractivity contribution < 1.29 is 9.18 Å². The maximum atomic E-state index is 12.8. The first-order chi connectivity index (χ1) is 8.93. The van der Waals surface area contributed by atoms with Crippen LogP contribution in [0.4, 0.5) is 4.39 Å². The van der Waals surface area contributed by atoms with Crippen LogP contribution < -0.4 is 11.1 Å². The quantitative estimate of drug-likeness (QED) is 0.829. The molecule has 0 aliphatic carbocycles. The predicted octanol–water partition coefficient (Wildman–Crippen LogP) is 2.25. The van der Waals surface area contributed by atoms with Crippen LogP contribution in [-0.2, 0) is 11.2 Å². The molecule has 0 radical (unpaired) electrons. The lowest BCUT2D eigenvalue weighted by Gasteiger charge is -2.21. The average Bonchev–Trinajstić information content (AvgIpc) is 2.39. The van der Waals surface area contributed by atoms with E-state index >= 15 is 0 Å². The van der Waals surface area contributed by atoms with Crippen LogP contribution in [-0.4, -0.2) is 18.0 Å². The van der Waals surface area contributed by atoms with Gasteiger partial charge >= 0.3 is 0 Å². The number of carbonyl (C=O) groups excluding carboxylic acids is 1. The Morgan fingerprint density at radius 2 is 1.89 bits per heavy atom. The average molecular weight is 266 g/mol. The van der Waals surface area contributed by atoms with Gasteiger partial charge in [-0.3, -0.25) is 4.79 Å². The fraction of sp³-hybridized carbons (Fsp3) is 0.533. The lowest BCUT2D eigenvalue weighted by atomic mass is 9.98. The molecule has 4 heteroatoms. The summed E-state index contributed by atoms with van der Waals surface area (Å²) in [7, 11) is 0. The predicted molar refractivity (Wildman–Crippen MR) is 75.1 cm³/mol. The molecule has 0 saturated heterocycles. The number of benzene rings is 1. The van der Waals surface area contributed by atoms with Crippen molar-refractivity contribution in [2.75, 3.05) is 0 Å². The third kappa shape index (κ3) is 4.99. The molecule has 19 heavy (non-hydrogen) atoms. The van der Waals surface area contributed by atoms with Crippen LogP contribution in [0.2, 0.25) is 0 Å². The third-order valence-corrected chi connectivity index (χ3v) is 3.40. The van der Waals surface area contributed by atoms with Gasteiger partial charge in [0.25, 0.3) is 0 Å². The zero-order valence-corrected chi connectivity index (χ0v) is 11.8. The van der Waals surface area contributed by atoms with Crippen LogP contribution in [0.1, 0.15) is 32.8 Å². The zero-order valence-electron chi connectivity index (χ0n) is 11.8. The maximum Gasteiger partial charge on any atom is 0.237 e. The molecule has 0 fully saturated rings. The van der Waals surface area contributed by atoms with Gasteiger partial charge in [0, 0.05) is 6.04 Å². The molecule has 1 rings (SSSR count). The van der Waals surface area contributed by atoms with Gasteiger partial charge in [-0.2, -0.15) is 0 Å². The van der Waals surface area contributed by atoms with Gasteiger partial charge in [-0.1, -0.05) is 32.4 Å². The first kappa shape index (κ1) is 15.6. The Labute approximate surface area is 114 Å². The minimum Gasteiger partial charge on any atom is -0.352 e. The van der Waals surface area contributed by atoms with Crippen LogP contribution in [0.5, 0.6) is 0 Å². The van der Waals surface area contributed by atoms with Crippen molar-refractivity contribution in [2.24, 2.45) is 11.7 Å². The molecule has 3 nitrogen and oxygen atoms in total. The van der Waals surface area contributed by atoms with Crippen molar-refractivity contribution >= 4 is 5.91 Å². The van der Waals surface area contributed by atoms with E-state index in [0.717, 1.165) is 12.0 Å². The van der Waals surface area contributed by atoms with E-state index in [1.54, 1.807) is 12.1 Å². The molecule has 1 aromatic rings. The van der Waals surface area contributed by atoms with Gasteiger partial charge in [0.1, 0.15) is 5.82 Å². The number of amides is 1. The first-order valence-corrected chi connectivity index (χ1v) is 6.74. The molecule has 106 valence electrons. The van der Waals surface area contributed by atoms with E-state index < -0.39 is 6.04 Å². The second-order valence-electron chi connectivity index (χ2n) is 5.15. The Morgan fingerprint density at radius 1 is 1.32 bits per heavy atom. The van der Waals surface area contributed by atoms with Gasteiger partial charge in [-0.15, -0.1) is 0 Å². The largest absolute Gasteiger partial charge is 0.352 e. The van der Waals surface area contributed by atoms with Gasteiger partial charge in [0.15, 0.2) is 0 Å². The van der Waals surface area contributed by atoms with Crippen molar-refractivity contribution in [3.8, 4) is 0 Å². The molecule has 0 aliphatic heterocycles. The zero-order chi connectivity index (χ0) is 14.4. The molecule has 0 bridgehead atoms. The van der Waals surface area contributed by atoms with Gasteiger partial charge in [0.2, 0.25) is 5.91 Å². The van der Waals surface area contributed by atoms with Gasteiger partial charge in [-0.25, -0.2) is 4.39 Å². The first-order valence-electron chi connectivity index (χ1n) is 6.74. The fourth-order valence-corrected chi connectivity index (χ4v) is 1.88. The van der Waals surface area contributed by atoms with E-state index in [-0.39, 0.29) is 23.7 Å². The monoisotopic (exact) mass is 266 g/mol. The minimum absolute atomic E-state index is 0.0203. The van der Waals surface area contributed by atoms with Crippen LogP contribution in [0, 0.1) is 11.7 Å². The van der Waals surface area contributed by atoms with E-state index in [2.05, 4.69) is 5.32 Å². The molecule has 2 unspecified atom stereocenters. The molecule has 0 aliphatic rings. The summed E-state index contributed by atoms with van der Waals surface area (Å²) >= 11 is 0. The molecule has 3 N–H and O–H groups in total. The highest BCUT2D eigenvalue weighted by molar-refractivity contribution is 5.82. The molecule has 0 heterocycles. The Bertz CT molecular complexity index is 405. The molecule has 1 amide bonds. The summed E-state index contributed by atoms with van der Waals surface area (Å²) in [6.45, 7) is 5.90. The Hall–Kier alpha value is -1.42. The summed E-state index contributed by atoms with van der Waals surface area (Å²) in [6, 6.07) is 5.82. The van der Waals surface area contributed by atoms with Crippen molar-refractivity contribution in [3.63, 3.8) is 0 Å². The molecular weight excluding hydrogens is 243 g/mol. The molecule has 0 saturated carbocycles. The van der Waals surface area contributed by atoms with E-state index in [0.29, 0.717) is 6.42 Å². The number of hydrogen-bond donors (Lipinski definition) is 2. The Morgan fingerprint density at radius 3 is 2.42 bits per heavy atom.